The van der Waals surface area contributed by atoms with Gasteiger partial charge in [-0.2, -0.15) is 0 Å². The molecule has 3 aromatic rings. The number of anilines is 2. The van der Waals surface area contributed by atoms with Gasteiger partial charge in [0.25, 0.3) is 5.91 Å². The fraction of sp³-hybridized carbons (Fsp3) is 0.318. The van der Waals surface area contributed by atoms with E-state index >= 15 is 0 Å². The van der Waals surface area contributed by atoms with Gasteiger partial charge >= 0.3 is 5.97 Å². The van der Waals surface area contributed by atoms with E-state index in [1.807, 2.05) is 0 Å². The predicted octanol–water partition coefficient (Wildman–Crippen LogP) is 3.35. The molecule has 0 saturated heterocycles. The highest BCUT2D eigenvalue weighted by Crippen LogP contribution is 2.39. The number of aromatic nitrogens is 2. The number of esters is 1. The van der Waals surface area contributed by atoms with Crippen LogP contribution in [0.3, 0.4) is 0 Å². The summed E-state index contributed by atoms with van der Waals surface area (Å²) >= 11 is 2.62. The van der Waals surface area contributed by atoms with Crippen LogP contribution in [0.25, 0.3) is 0 Å². The Hall–Kier alpha value is -3.51. The molecular formula is C22H20N4O6S2. The van der Waals surface area contributed by atoms with Crippen LogP contribution >= 0.6 is 22.7 Å². The van der Waals surface area contributed by atoms with Crippen LogP contribution in [-0.4, -0.2) is 41.2 Å². The molecule has 0 radical (unpaired) electrons. The molecule has 0 bridgehead atoms. The number of nitrogens with zero attached hydrogens (tertiary/aromatic N) is 2. The van der Waals surface area contributed by atoms with E-state index in [1.165, 1.54) is 22.7 Å². The smallest absolute Gasteiger partial charge is 0.311 e. The van der Waals surface area contributed by atoms with Gasteiger partial charge in [0.15, 0.2) is 21.8 Å². The summed E-state index contributed by atoms with van der Waals surface area (Å²) in [5, 5.41) is 8.21. The molecule has 0 spiro atoms. The molecule has 176 valence electrons. The first kappa shape index (κ1) is 22.3. The second-order valence-electron chi connectivity index (χ2n) is 7.56. The Morgan fingerprint density at radius 1 is 1.15 bits per heavy atom. The van der Waals surface area contributed by atoms with E-state index in [-0.39, 0.29) is 31.0 Å². The van der Waals surface area contributed by atoms with Crippen molar-refractivity contribution in [3.05, 3.63) is 45.4 Å². The molecule has 2 aliphatic rings. The molecule has 2 aromatic heterocycles. The predicted molar refractivity (Wildman–Crippen MR) is 125 cm³/mol. The van der Waals surface area contributed by atoms with E-state index in [4.69, 9.17) is 14.2 Å². The molecule has 3 heterocycles. The monoisotopic (exact) mass is 500 g/mol. The summed E-state index contributed by atoms with van der Waals surface area (Å²) in [6.07, 6.45) is 1.40. The van der Waals surface area contributed by atoms with Gasteiger partial charge in [-0.15, -0.1) is 22.7 Å². The Morgan fingerprint density at radius 2 is 2.00 bits per heavy atom. The van der Waals surface area contributed by atoms with Gasteiger partial charge in [0, 0.05) is 15.8 Å². The number of hydrogen-bond acceptors (Lipinski definition) is 10. The van der Waals surface area contributed by atoms with Crippen LogP contribution in [-0.2, 0) is 27.2 Å². The quantitative estimate of drug-likeness (QED) is 0.473. The van der Waals surface area contributed by atoms with Crippen molar-refractivity contribution in [1.82, 2.24) is 9.97 Å². The van der Waals surface area contributed by atoms with E-state index in [2.05, 4.69) is 20.6 Å². The van der Waals surface area contributed by atoms with Crippen LogP contribution in [0.4, 0.5) is 10.3 Å². The van der Waals surface area contributed by atoms with Gasteiger partial charge in [0.1, 0.15) is 0 Å². The minimum Gasteiger partial charge on any atom is -0.466 e. The zero-order chi connectivity index (χ0) is 23.7. The molecule has 1 aliphatic carbocycles. The number of fused-ring (bicyclic) bond motifs is 2. The van der Waals surface area contributed by atoms with Crippen molar-refractivity contribution < 1.29 is 28.6 Å². The number of amides is 2. The molecule has 1 atom stereocenters. The lowest BCUT2D eigenvalue weighted by atomic mass is 10.1. The minimum atomic E-state index is -0.431. The highest BCUT2D eigenvalue weighted by atomic mass is 32.1. The fourth-order valence-electron chi connectivity index (χ4n) is 3.74. The maximum Gasteiger partial charge on any atom is 0.311 e. The van der Waals surface area contributed by atoms with Crippen molar-refractivity contribution in [2.45, 2.75) is 32.1 Å². The van der Waals surface area contributed by atoms with E-state index < -0.39 is 5.92 Å². The van der Waals surface area contributed by atoms with Gasteiger partial charge in [-0.05, 0) is 38.0 Å². The van der Waals surface area contributed by atoms with E-state index in [0.717, 1.165) is 4.88 Å². The SMILES string of the molecule is CCOC(=O)Cc1csc(NC(=O)C2CCc3sc(NC(=O)c4ccc5c(c4)OCO5)nc32)n1. The second-order valence-corrected chi connectivity index (χ2v) is 9.50. The molecule has 12 heteroatoms. The summed E-state index contributed by atoms with van der Waals surface area (Å²) in [6, 6.07) is 4.97. The van der Waals surface area contributed by atoms with Crippen LogP contribution in [0.2, 0.25) is 0 Å². The van der Waals surface area contributed by atoms with E-state index in [1.54, 1.807) is 30.5 Å². The highest BCUT2D eigenvalue weighted by molar-refractivity contribution is 7.16. The molecule has 5 rings (SSSR count). The zero-order valence-corrected chi connectivity index (χ0v) is 19.7. The van der Waals surface area contributed by atoms with Gasteiger partial charge < -0.3 is 19.5 Å². The molecule has 1 unspecified atom stereocenters. The van der Waals surface area contributed by atoms with E-state index in [9.17, 15) is 14.4 Å². The Labute approximate surface area is 202 Å². The molecule has 10 nitrogen and oxygen atoms in total. The highest BCUT2D eigenvalue weighted by Gasteiger charge is 2.33. The number of carbonyl (C=O) groups is 3. The van der Waals surface area contributed by atoms with Crippen molar-refractivity contribution in [2.24, 2.45) is 0 Å². The third-order valence-corrected chi connectivity index (χ3v) is 7.15. The largest absolute Gasteiger partial charge is 0.466 e. The number of thiazole rings is 2. The molecule has 2 amide bonds. The maximum absolute atomic E-state index is 12.9. The molecule has 0 fully saturated rings. The first-order chi connectivity index (χ1) is 16.5. The normalized spacial score (nSPS) is 15.6. The number of nitrogens with one attached hydrogen (secondary N) is 2. The molecule has 34 heavy (non-hydrogen) atoms. The summed E-state index contributed by atoms with van der Waals surface area (Å²) < 4.78 is 15.5. The summed E-state index contributed by atoms with van der Waals surface area (Å²) in [6.45, 7) is 2.19. The lowest BCUT2D eigenvalue weighted by Gasteiger charge is -2.08. The number of ether oxygens (including phenoxy) is 3. The number of hydrogen-bond donors (Lipinski definition) is 2. The van der Waals surface area contributed by atoms with Crippen LogP contribution in [0.1, 0.15) is 45.9 Å². The van der Waals surface area contributed by atoms with Gasteiger partial charge in [-0.25, -0.2) is 9.97 Å². The lowest BCUT2D eigenvalue weighted by Crippen LogP contribution is -2.20. The first-order valence-electron chi connectivity index (χ1n) is 10.6. The summed E-state index contributed by atoms with van der Waals surface area (Å²) in [4.78, 5) is 47.0. The number of benzene rings is 1. The summed E-state index contributed by atoms with van der Waals surface area (Å²) in [7, 11) is 0. The fourth-order valence-corrected chi connectivity index (χ4v) is 5.49. The van der Waals surface area contributed by atoms with Gasteiger partial charge in [0.2, 0.25) is 12.7 Å². The van der Waals surface area contributed by atoms with Crippen LogP contribution in [0.15, 0.2) is 23.6 Å². The lowest BCUT2D eigenvalue weighted by molar-refractivity contribution is -0.142. The third-order valence-electron chi connectivity index (χ3n) is 5.30. The van der Waals surface area contributed by atoms with Crippen molar-refractivity contribution in [2.75, 3.05) is 24.0 Å². The van der Waals surface area contributed by atoms with E-state index in [0.29, 0.717) is 58.2 Å². The zero-order valence-electron chi connectivity index (χ0n) is 18.1. The molecular weight excluding hydrogens is 480 g/mol. The van der Waals surface area contributed by atoms with Crippen molar-refractivity contribution >= 4 is 50.7 Å². The number of carbonyl (C=O) groups excluding carboxylic acids is 3. The molecule has 2 N–H and O–H groups in total. The Kier molecular flexibility index (Phi) is 6.16. The molecule has 0 saturated carbocycles. The minimum absolute atomic E-state index is 0.0618. The number of aryl methyl sites for hydroxylation is 1. The van der Waals surface area contributed by atoms with Crippen LogP contribution < -0.4 is 20.1 Å². The van der Waals surface area contributed by atoms with Gasteiger partial charge in [0.05, 0.1) is 30.3 Å². The third kappa shape index (κ3) is 4.59. The van der Waals surface area contributed by atoms with Crippen molar-refractivity contribution in [3.63, 3.8) is 0 Å². The van der Waals surface area contributed by atoms with Crippen LogP contribution in [0.5, 0.6) is 11.5 Å². The first-order valence-corrected chi connectivity index (χ1v) is 12.3. The molecule has 1 aliphatic heterocycles. The summed E-state index contributed by atoms with van der Waals surface area (Å²) in [5.74, 6) is -0.187. The Balaban J connectivity index is 1.22. The number of rotatable bonds is 7. The second kappa shape index (κ2) is 9.39. The van der Waals surface area contributed by atoms with Gasteiger partial charge in [-0.3, -0.25) is 19.7 Å². The average Bonchev–Trinajstić information content (AvgIpc) is 3.57. The summed E-state index contributed by atoms with van der Waals surface area (Å²) in [5.41, 5.74) is 1.65. The van der Waals surface area contributed by atoms with Crippen LogP contribution in [0, 0.1) is 0 Å². The van der Waals surface area contributed by atoms with Gasteiger partial charge in [-0.1, -0.05) is 0 Å². The van der Waals surface area contributed by atoms with Crippen molar-refractivity contribution in [1.29, 1.82) is 0 Å². The Morgan fingerprint density at radius 3 is 2.85 bits per heavy atom. The topological polar surface area (TPSA) is 129 Å². The Bertz CT molecular complexity index is 1270. The maximum atomic E-state index is 12.9. The standard InChI is InChI=1S/C22H20N4O6S2/c1-2-30-17(27)8-12-9-33-21(23-12)26-20(29)13-4-6-16-18(13)24-22(34-16)25-19(28)11-3-5-14-15(7-11)32-10-31-14/h3,5,7,9,13H,2,4,6,8,10H2,1H3,(H,23,26,29)(H,24,25,28). The average molecular weight is 501 g/mol. The van der Waals surface area contributed by atoms with Crippen molar-refractivity contribution in [3.8, 4) is 11.5 Å². The molecule has 1 aromatic carbocycles.